The molecular weight excluding hydrogens is 247 g/mol. The minimum Gasteiger partial charge on any atom is -0.486 e. The smallest absolute Gasteiger partial charge is 0.261 e. The maximum atomic E-state index is 13.3. The number of ether oxygens (including phenoxy) is 2. The van der Waals surface area contributed by atoms with Crippen LogP contribution in [0.1, 0.15) is 0 Å². The lowest BCUT2D eigenvalue weighted by Gasteiger charge is -2.18. The van der Waals surface area contributed by atoms with Crippen molar-refractivity contribution in [2.24, 2.45) is 0 Å². The predicted octanol–water partition coefficient (Wildman–Crippen LogP) is 1.52. The number of halogens is 2. The lowest BCUT2D eigenvalue weighted by atomic mass is 10.3. The van der Waals surface area contributed by atoms with Crippen molar-refractivity contribution in [2.75, 3.05) is 13.2 Å². The average Bonchev–Trinajstić information content (AvgIpc) is 2.16. The van der Waals surface area contributed by atoms with E-state index >= 15 is 0 Å². The van der Waals surface area contributed by atoms with E-state index in [9.17, 15) is 12.8 Å². The highest BCUT2D eigenvalue weighted by molar-refractivity contribution is 8.13. The van der Waals surface area contributed by atoms with Crippen molar-refractivity contribution in [3.05, 3.63) is 17.9 Å². The van der Waals surface area contributed by atoms with Crippen LogP contribution >= 0.6 is 10.7 Å². The van der Waals surface area contributed by atoms with Crippen LogP contribution in [0.3, 0.4) is 0 Å². The number of hydrogen-bond acceptors (Lipinski definition) is 4. The maximum absolute atomic E-state index is 13.3. The molecule has 7 heteroatoms. The van der Waals surface area contributed by atoms with Crippen LogP contribution in [0.25, 0.3) is 0 Å². The van der Waals surface area contributed by atoms with Gasteiger partial charge in [0, 0.05) is 16.7 Å². The standard InChI is InChI=1S/C8H6ClFO4S/c9-15(11,12)5-3-6(10)8-7(4-5)13-1-2-14-8/h3-4H,1-2H2. The van der Waals surface area contributed by atoms with Gasteiger partial charge in [-0.3, -0.25) is 0 Å². The minimum absolute atomic E-state index is 0.0560. The van der Waals surface area contributed by atoms with Gasteiger partial charge in [-0.05, 0) is 6.07 Å². The fraction of sp³-hybridized carbons (Fsp3) is 0.250. The molecule has 0 bridgehead atoms. The molecule has 2 rings (SSSR count). The zero-order valence-electron chi connectivity index (χ0n) is 7.37. The summed E-state index contributed by atoms with van der Waals surface area (Å²) in [5, 5.41) is 0. The van der Waals surface area contributed by atoms with Gasteiger partial charge in [0.1, 0.15) is 13.2 Å². The molecule has 0 fully saturated rings. The Balaban J connectivity index is 2.60. The van der Waals surface area contributed by atoms with Crippen LogP contribution in [-0.2, 0) is 9.05 Å². The van der Waals surface area contributed by atoms with Crippen molar-refractivity contribution in [2.45, 2.75) is 4.90 Å². The quantitative estimate of drug-likeness (QED) is 0.711. The SMILES string of the molecule is O=S(=O)(Cl)c1cc(F)c2c(c1)OCCO2. The molecule has 0 aliphatic carbocycles. The van der Waals surface area contributed by atoms with Gasteiger partial charge in [-0.25, -0.2) is 12.8 Å². The Hall–Kier alpha value is -1.01. The second kappa shape index (κ2) is 3.53. The average molecular weight is 253 g/mol. The molecule has 1 aromatic carbocycles. The molecule has 1 aromatic rings. The van der Waals surface area contributed by atoms with Gasteiger partial charge in [0.05, 0.1) is 4.90 Å². The summed E-state index contributed by atoms with van der Waals surface area (Å²) in [6, 6.07) is 1.94. The molecule has 1 aliphatic heterocycles. The van der Waals surface area contributed by atoms with Gasteiger partial charge in [-0.15, -0.1) is 0 Å². The Morgan fingerprint density at radius 3 is 2.60 bits per heavy atom. The van der Waals surface area contributed by atoms with E-state index in [0.717, 1.165) is 12.1 Å². The van der Waals surface area contributed by atoms with Gasteiger partial charge < -0.3 is 9.47 Å². The summed E-state index contributed by atoms with van der Waals surface area (Å²) in [5.41, 5.74) is 0. The molecular formula is C8H6ClFO4S. The van der Waals surface area contributed by atoms with Crippen molar-refractivity contribution in [1.82, 2.24) is 0 Å². The zero-order chi connectivity index (χ0) is 11.1. The molecule has 15 heavy (non-hydrogen) atoms. The summed E-state index contributed by atoms with van der Waals surface area (Å²) in [5.74, 6) is -0.822. The zero-order valence-corrected chi connectivity index (χ0v) is 8.94. The molecule has 0 radical (unpaired) electrons. The summed E-state index contributed by atoms with van der Waals surface area (Å²) in [6.45, 7) is 0.481. The molecule has 0 N–H and O–H groups in total. The van der Waals surface area contributed by atoms with Gasteiger partial charge in [-0.1, -0.05) is 0 Å². The summed E-state index contributed by atoms with van der Waals surface area (Å²) in [7, 11) is 1.12. The van der Waals surface area contributed by atoms with Gasteiger partial charge in [0.2, 0.25) is 0 Å². The molecule has 1 heterocycles. The van der Waals surface area contributed by atoms with Crippen LogP contribution in [0.15, 0.2) is 17.0 Å². The lowest BCUT2D eigenvalue weighted by Crippen LogP contribution is -2.16. The molecule has 0 saturated heterocycles. The number of rotatable bonds is 1. The highest BCUT2D eigenvalue weighted by Gasteiger charge is 2.22. The Bertz CT molecular complexity index is 500. The van der Waals surface area contributed by atoms with Crippen molar-refractivity contribution >= 4 is 19.7 Å². The number of fused-ring (bicyclic) bond motifs is 1. The van der Waals surface area contributed by atoms with E-state index in [2.05, 4.69) is 0 Å². The first-order chi connectivity index (χ1) is 6.98. The van der Waals surface area contributed by atoms with E-state index in [1.807, 2.05) is 0 Å². The van der Waals surface area contributed by atoms with Gasteiger partial charge in [0.25, 0.3) is 9.05 Å². The van der Waals surface area contributed by atoms with Crippen LogP contribution in [0.2, 0.25) is 0 Å². The molecule has 4 nitrogen and oxygen atoms in total. The van der Waals surface area contributed by atoms with Crippen LogP contribution < -0.4 is 9.47 Å². The fourth-order valence-corrected chi connectivity index (χ4v) is 1.99. The second-order valence-corrected chi connectivity index (χ2v) is 5.43. The highest BCUT2D eigenvalue weighted by Crippen LogP contribution is 2.36. The van der Waals surface area contributed by atoms with Crippen molar-refractivity contribution in [3.8, 4) is 11.5 Å². The topological polar surface area (TPSA) is 52.6 Å². The normalized spacial score (nSPS) is 15.1. The maximum Gasteiger partial charge on any atom is 0.261 e. The summed E-state index contributed by atoms with van der Waals surface area (Å²) >= 11 is 0. The molecule has 1 aliphatic rings. The first-order valence-corrected chi connectivity index (χ1v) is 6.33. The van der Waals surface area contributed by atoms with Crippen LogP contribution in [0, 0.1) is 5.82 Å². The van der Waals surface area contributed by atoms with Gasteiger partial charge >= 0.3 is 0 Å². The Kier molecular flexibility index (Phi) is 2.47. The van der Waals surface area contributed by atoms with Gasteiger partial charge in [0.15, 0.2) is 17.3 Å². The molecule has 0 aromatic heterocycles. The summed E-state index contributed by atoms with van der Waals surface area (Å²) in [4.78, 5) is -0.342. The van der Waals surface area contributed by atoms with Gasteiger partial charge in [-0.2, -0.15) is 0 Å². The number of benzene rings is 1. The highest BCUT2D eigenvalue weighted by atomic mass is 35.7. The molecule has 0 spiro atoms. The van der Waals surface area contributed by atoms with E-state index in [0.29, 0.717) is 0 Å². The number of hydrogen-bond donors (Lipinski definition) is 0. The van der Waals surface area contributed by atoms with E-state index in [1.54, 1.807) is 0 Å². The fourth-order valence-electron chi connectivity index (χ4n) is 1.23. The van der Waals surface area contributed by atoms with Crippen molar-refractivity contribution in [1.29, 1.82) is 0 Å². The third kappa shape index (κ3) is 2.00. The van der Waals surface area contributed by atoms with E-state index in [4.69, 9.17) is 20.2 Å². The van der Waals surface area contributed by atoms with E-state index in [1.165, 1.54) is 0 Å². The monoisotopic (exact) mass is 252 g/mol. The van der Waals surface area contributed by atoms with Crippen molar-refractivity contribution in [3.63, 3.8) is 0 Å². The first kappa shape index (κ1) is 10.5. The first-order valence-electron chi connectivity index (χ1n) is 4.02. The Morgan fingerprint density at radius 1 is 1.27 bits per heavy atom. The molecule has 0 amide bonds. The van der Waals surface area contributed by atoms with Crippen LogP contribution in [0.4, 0.5) is 4.39 Å². The molecule has 0 saturated carbocycles. The summed E-state index contributed by atoms with van der Waals surface area (Å²) in [6.07, 6.45) is 0. The van der Waals surface area contributed by atoms with Crippen molar-refractivity contribution < 1.29 is 22.3 Å². The third-order valence-corrected chi connectivity index (χ3v) is 3.19. The van der Waals surface area contributed by atoms with E-state index < -0.39 is 14.9 Å². The Morgan fingerprint density at radius 2 is 1.93 bits per heavy atom. The van der Waals surface area contributed by atoms with Crippen LogP contribution in [-0.4, -0.2) is 21.6 Å². The molecule has 0 unspecified atom stereocenters. The van der Waals surface area contributed by atoms with Crippen LogP contribution in [0.5, 0.6) is 11.5 Å². The molecule has 82 valence electrons. The molecule has 0 atom stereocenters. The van der Waals surface area contributed by atoms with E-state index in [-0.39, 0.29) is 29.6 Å². The largest absolute Gasteiger partial charge is 0.486 e. The third-order valence-electron chi connectivity index (χ3n) is 1.85. The predicted molar refractivity (Wildman–Crippen MR) is 50.4 cm³/mol. The lowest BCUT2D eigenvalue weighted by molar-refractivity contribution is 0.163. The minimum atomic E-state index is -3.96. The second-order valence-electron chi connectivity index (χ2n) is 2.87. The summed E-state index contributed by atoms with van der Waals surface area (Å²) < 4.78 is 45.3. The Labute approximate surface area is 90.0 Å².